The van der Waals surface area contributed by atoms with Crippen LogP contribution in [0.3, 0.4) is 0 Å². The highest BCUT2D eigenvalue weighted by molar-refractivity contribution is 6.01. The monoisotopic (exact) mass is 908 g/mol. The zero-order valence-corrected chi connectivity index (χ0v) is 37.2. The molecule has 0 radical (unpaired) electrons. The highest BCUT2D eigenvalue weighted by Gasteiger charge is 2.47. The van der Waals surface area contributed by atoms with E-state index in [1.54, 1.807) is 6.20 Å². The number of piperidine rings is 3. The minimum atomic E-state index is -4.53. The fourth-order valence-electron chi connectivity index (χ4n) is 10.4. The van der Waals surface area contributed by atoms with E-state index in [9.17, 15) is 27.6 Å². The van der Waals surface area contributed by atoms with E-state index in [0.717, 1.165) is 48.1 Å². The van der Waals surface area contributed by atoms with E-state index in [1.165, 1.54) is 39.3 Å². The van der Waals surface area contributed by atoms with Gasteiger partial charge in [0.1, 0.15) is 29.4 Å². The lowest BCUT2D eigenvalue weighted by Crippen LogP contribution is -2.60. The van der Waals surface area contributed by atoms with Crippen LogP contribution in [0.2, 0.25) is 0 Å². The van der Waals surface area contributed by atoms with Crippen molar-refractivity contribution in [3.63, 3.8) is 0 Å². The van der Waals surface area contributed by atoms with Gasteiger partial charge in [-0.15, -0.1) is 0 Å². The van der Waals surface area contributed by atoms with Gasteiger partial charge >= 0.3 is 6.18 Å². The molecule has 4 aliphatic rings. The standard InChI is InChI=1S/C49H56F4N10O3/c1-30(42-26-38-37(13-18-55-46(38)59(42)2)35-7-11-44(54)56-27-35)60-21-16-33(17-22-60)32-3-5-34(6-4-32)48(66)61-19-14-31(15-20-61)28-63-24-23-62(29-43(63)49(51,52)53)41-10-8-36(25-39(41)50)57-40-9-12-45(64)58-47(40)65/h3-8,10-11,13,18,25-27,30-31,33,40,43,57H,9,12,14-17,19-24,28-29H2,1-2H3,(H2,54,56)(H,58,64,65)/t30-,40?,43+/m0/s1. The van der Waals surface area contributed by atoms with Gasteiger partial charge in [-0.2, -0.15) is 13.2 Å². The van der Waals surface area contributed by atoms with Gasteiger partial charge in [0.15, 0.2) is 0 Å². The quantitative estimate of drug-likeness (QED) is 0.0979. The second kappa shape index (κ2) is 18.7. The number of anilines is 3. The van der Waals surface area contributed by atoms with Crippen LogP contribution in [0.25, 0.3) is 22.2 Å². The van der Waals surface area contributed by atoms with Crippen LogP contribution < -0.4 is 21.3 Å². The number of nitrogens with one attached hydrogen (secondary N) is 2. The van der Waals surface area contributed by atoms with Gasteiger partial charge in [-0.1, -0.05) is 12.1 Å². The number of rotatable bonds is 10. The first-order valence-corrected chi connectivity index (χ1v) is 22.9. The molecule has 0 bridgehead atoms. The Morgan fingerprint density at radius 3 is 2.35 bits per heavy atom. The number of benzene rings is 2. The van der Waals surface area contributed by atoms with Crippen LogP contribution in [0, 0.1) is 11.7 Å². The summed E-state index contributed by atoms with van der Waals surface area (Å²) in [7, 11) is 2.07. The van der Waals surface area contributed by atoms with Crippen molar-refractivity contribution in [3.8, 4) is 11.1 Å². The number of aromatic nitrogens is 3. The third kappa shape index (κ3) is 9.45. The Balaban J connectivity index is 0.751. The summed E-state index contributed by atoms with van der Waals surface area (Å²) in [5, 5.41) is 6.24. The molecule has 0 spiro atoms. The van der Waals surface area contributed by atoms with Crippen molar-refractivity contribution in [3.05, 3.63) is 102 Å². The largest absolute Gasteiger partial charge is 0.405 e. The van der Waals surface area contributed by atoms with Crippen molar-refractivity contribution in [2.24, 2.45) is 13.0 Å². The smallest absolute Gasteiger partial charge is 0.384 e. The van der Waals surface area contributed by atoms with Crippen LogP contribution in [-0.2, 0) is 16.6 Å². The molecule has 5 aromatic rings. The molecule has 2 aromatic carbocycles. The molecule has 0 saturated carbocycles. The van der Waals surface area contributed by atoms with Crippen molar-refractivity contribution >= 4 is 45.9 Å². The molecule has 0 aliphatic carbocycles. The van der Waals surface area contributed by atoms with Crippen LogP contribution >= 0.6 is 0 Å². The molecule has 348 valence electrons. The highest BCUT2D eigenvalue weighted by Crippen LogP contribution is 2.37. The van der Waals surface area contributed by atoms with Crippen LogP contribution in [0.15, 0.2) is 79.1 Å². The maximum atomic E-state index is 15.4. The number of fused-ring (bicyclic) bond motifs is 1. The van der Waals surface area contributed by atoms with Gasteiger partial charge in [0.25, 0.3) is 5.91 Å². The average molecular weight is 909 g/mol. The van der Waals surface area contributed by atoms with Crippen LogP contribution in [-0.4, -0.2) is 118 Å². The molecule has 4 fully saturated rings. The zero-order valence-electron chi connectivity index (χ0n) is 37.2. The fraction of sp³-hybridized carbons (Fsp3) is 0.449. The highest BCUT2D eigenvalue weighted by atomic mass is 19.4. The van der Waals surface area contributed by atoms with E-state index in [2.05, 4.69) is 57.3 Å². The Bertz CT molecular complexity index is 2570. The molecule has 3 amide bonds. The summed E-state index contributed by atoms with van der Waals surface area (Å²) in [5.74, 6) is -0.785. The third-order valence-electron chi connectivity index (χ3n) is 14.3. The summed E-state index contributed by atoms with van der Waals surface area (Å²) < 4.78 is 61.2. The lowest BCUT2D eigenvalue weighted by molar-refractivity contribution is -0.186. The number of halogens is 4. The summed E-state index contributed by atoms with van der Waals surface area (Å²) in [6, 6.07) is 17.9. The first-order chi connectivity index (χ1) is 31.7. The first-order valence-electron chi connectivity index (χ1n) is 22.9. The second-order valence-corrected chi connectivity index (χ2v) is 18.4. The zero-order chi connectivity index (χ0) is 46.3. The molecule has 17 heteroatoms. The summed E-state index contributed by atoms with van der Waals surface area (Å²) in [5.41, 5.74) is 12.2. The Hall–Kier alpha value is -6.07. The Labute approximate surface area is 381 Å². The van der Waals surface area contributed by atoms with E-state index in [4.69, 9.17) is 10.7 Å². The molecule has 3 atom stereocenters. The predicted molar refractivity (Wildman–Crippen MR) is 245 cm³/mol. The van der Waals surface area contributed by atoms with Crippen molar-refractivity contribution in [2.45, 2.75) is 75.7 Å². The van der Waals surface area contributed by atoms with E-state index < -0.39 is 36.5 Å². The first kappa shape index (κ1) is 45.1. The van der Waals surface area contributed by atoms with E-state index in [0.29, 0.717) is 48.9 Å². The molecule has 3 aromatic heterocycles. The topological polar surface area (TPSA) is 145 Å². The fourth-order valence-corrected chi connectivity index (χ4v) is 10.4. The van der Waals surface area contributed by atoms with Crippen molar-refractivity contribution < 1.29 is 31.9 Å². The normalized spacial score (nSPS) is 21.3. The number of carbonyl (C=O) groups excluding carboxylic acids is 3. The van der Waals surface area contributed by atoms with Gasteiger partial charge in [0, 0.05) is 99.1 Å². The SMILES string of the molecule is C[C@@H](c1cc2c(-c3ccc(N)nc3)ccnc2n1C)N1CCC(c2ccc(C(=O)N3CCC(CN4CCN(c5ccc(NC6CCC(=O)NC6=O)cc5F)C[C@@H]4C(F)(F)F)CC3)cc2)CC1. The van der Waals surface area contributed by atoms with E-state index >= 15 is 4.39 Å². The molecule has 4 N–H and O–H groups in total. The molecule has 1 unspecified atom stereocenters. The minimum absolute atomic E-state index is 0.0160. The van der Waals surface area contributed by atoms with Gasteiger partial charge < -0.3 is 25.4 Å². The Kier molecular flexibility index (Phi) is 12.8. The number of imide groups is 1. The third-order valence-corrected chi connectivity index (χ3v) is 14.3. The van der Waals surface area contributed by atoms with Crippen LogP contribution in [0.4, 0.5) is 34.8 Å². The molecule has 4 saturated heterocycles. The second-order valence-electron chi connectivity index (χ2n) is 18.4. The number of alkyl halides is 3. The van der Waals surface area contributed by atoms with Crippen LogP contribution in [0.5, 0.6) is 0 Å². The van der Waals surface area contributed by atoms with Crippen molar-refractivity contribution in [1.82, 2.24) is 34.6 Å². The summed E-state index contributed by atoms with van der Waals surface area (Å²) in [6.07, 6.45) is 2.70. The molecular formula is C49H56F4N10O3. The number of nitrogens with zero attached hydrogens (tertiary/aromatic N) is 7. The van der Waals surface area contributed by atoms with E-state index in [1.807, 2.05) is 41.4 Å². The Morgan fingerprint density at radius 1 is 0.909 bits per heavy atom. The Morgan fingerprint density at radius 2 is 1.67 bits per heavy atom. The number of aryl methyl sites for hydroxylation is 1. The van der Waals surface area contributed by atoms with Gasteiger partial charge in [0.05, 0.1) is 5.69 Å². The van der Waals surface area contributed by atoms with Crippen molar-refractivity contribution in [2.75, 3.05) is 68.3 Å². The molecular weight excluding hydrogens is 853 g/mol. The average Bonchev–Trinajstić information content (AvgIpc) is 3.66. The summed E-state index contributed by atoms with van der Waals surface area (Å²) in [4.78, 5) is 53.5. The van der Waals surface area contributed by atoms with Crippen molar-refractivity contribution in [1.29, 1.82) is 0 Å². The number of pyridine rings is 2. The number of nitrogen functional groups attached to an aromatic ring is 1. The number of hydrogen-bond donors (Lipinski definition) is 3. The van der Waals surface area contributed by atoms with Gasteiger partial charge in [-0.3, -0.25) is 29.5 Å². The minimum Gasteiger partial charge on any atom is -0.384 e. The summed E-state index contributed by atoms with van der Waals surface area (Å²) in [6.45, 7) is 5.20. The number of hydrogen-bond acceptors (Lipinski definition) is 10. The maximum Gasteiger partial charge on any atom is 0.405 e. The number of nitrogens with two attached hydrogens (primary N) is 1. The molecule has 7 heterocycles. The lowest BCUT2D eigenvalue weighted by Gasteiger charge is -2.45. The predicted octanol–water partition coefficient (Wildman–Crippen LogP) is 7.12. The molecule has 13 nitrogen and oxygen atoms in total. The lowest BCUT2D eigenvalue weighted by atomic mass is 9.88. The maximum absolute atomic E-state index is 15.4. The summed E-state index contributed by atoms with van der Waals surface area (Å²) >= 11 is 0. The number of carbonyl (C=O) groups is 3. The molecule has 66 heavy (non-hydrogen) atoms. The van der Waals surface area contributed by atoms with Gasteiger partial charge in [-0.25, -0.2) is 14.4 Å². The molecule has 9 rings (SSSR count). The van der Waals surface area contributed by atoms with Crippen LogP contribution in [0.1, 0.15) is 79.0 Å². The van der Waals surface area contributed by atoms with E-state index in [-0.39, 0.29) is 61.9 Å². The van der Waals surface area contributed by atoms with Gasteiger partial charge in [-0.05, 0) is 130 Å². The number of piperazine rings is 1. The van der Waals surface area contributed by atoms with Gasteiger partial charge in [0.2, 0.25) is 11.8 Å². The number of amides is 3. The number of likely N-dealkylation sites (tertiary alicyclic amines) is 2. The molecule has 4 aliphatic heterocycles.